The highest BCUT2D eigenvalue weighted by atomic mass is 32.2. The molecule has 7 heteroatoms. The lowest BCUT2D eigenvalue weighted by molar-refractivity contribution is -0.896. The smallest absolute Gasteiger partial charge is 0.278 e. The Balaban J connectivity index is 1.90. The van der Waals surface area contributed by atoms with E-state index in [9.17, 15) is 13.2 Å². The zero-order valence-electron chi connectivity index (χ0n) is 16.8. The predicted molar refractivity (Wildman–Crippen MR) is 109 cm³/mol. The largest absolute Gasteiger partial charge is 0.333 e. The molecule has 0 bridgehead atoms. The normalized spacial score (nSPS) is 17.1. The van der Waals surface area contributed by atoms with Crippen LogP contribution in [-0.4, -0.2) is 68.3 Å². The van der Waals surface area contributed by atoms with Crippen LogP contribution < -0.4 is 4.90 Å². The van der Waals surface area contributed by atoms with Crippen LogP contribution in [0.25, 0.3) is 6.08 Å². The molecule has 1 amide bonds. The van der Waals surface area contributed by atoms with Crippen molar-refractivity contribution in [3.8, 4) is 0 Å². The summed E-state index contributed by atoms with van der Waals surface area (Å²) < 4.78 is 26.6. The van der Waals surface area contributed by atoms with Gasteiger partial charge in [0.05, 0.1) is 26.2 Å². The topological polar surface area (TPSA) is 62.1 Å². The van der Waals surface area contributed by atoms with Crippen LogP contribution in [0.3, 0.4) is 0 Å². The monoisotopic (exact) mass is 394 g/mol. The minimum atomic E-state index is -3.43. The van der Waals surface area contributed by atoms with Crippen molar-refractivity contribution in [2.24, 2.45) is 0 Å². The van der Waals surface area contributed by atoms with Crippen molar-refractivity contribution in [3.63, 3.8) is 0 Å². The number of carbonyl (C=O) groups excluding carboxylic acids is 1. The van der Waals surface area contributed by atoms with Crippen molar-refractivity contribution in [2.75, 3.05) is 32.7 Å². The van der Waals surface area contributed by atoms with Gasteiger partial charge < -0.3 is 9.80 Å². The summed E-state index contributed by atoms with van der Waals surface area (Å²) in [6.45, 7) is 10.7. The minimum absolute atomic E-state index is 0.135. The Morgan fingerprint density at radius 1 is 1.11 bits per heavy atom. The Hall–Kier alpha value is -1.70. The molecular weight excluding hydrogens is 362 g/mol. The van der Waals surface area contributed by atoms with Crippen molar-refractivity contribution < 1.29 is 18.1 Å². The summed E-state index contributed by atoms with van der Waals surface area (Å²) in [5.41, 5.74) is 0.860. The standard InChI is InChI=1S/C20H31N3O3S/c1-17(2)23(18(3)4)20(24)16-21-11-13-22(14-12-21)27(25,26)15-10-19-8-6-5-7-9-19/h5-10,15,17-18H,11-14,16H2,1-4H3/p+1/b15-10+. The van der Waals surface area contributed by atoms with E-state index in [2.05, 4.69) is 0 Å². The van der Waals surface area contributed by atoms with Crippen LogP contribution in [-0.2, 0) is 14.8 Å². The van der Waals surface area contributed by atoms with Crippen LogP contribution in [0.4, 0.5) is 0 Å². The summed E-state index contributed by atoms with van der Waals surface area (Å²) >= 11 is 0. The molecule has 1 N–H and O–H groups in total. The number of quaternary nitrogens is 1. The number of carbonyl (C=O) groups is 1. The molecule has 2 rings (SSSR count). The van der Waals surface area contributed by atoms with Gasteiger partial charge in [-0.25, -0.2) is 8.42 Å². The third kappa shape index (κ3) is 6.16. The highest BCUT2D eigenvalue weighted by Gasteiger charge is 2.30. The van der Waals surface area contributed by atoms with Crippen molar-refractivity contribution in [3.05, 3.63) is 41.3 Å². The minimum Gasteiger partial charge on any atom is -0.333 e. The molecule has 1 aliphatic rings. The van der Waals surface area contributed by atoms with Crippen molar-refractivity contribution in [1.82, 2.24) is 9.21 Å². The molecule has 1 heterocycles. The number of hydrogen-bond acceptors (Lipinski definition) is 3. The van der Waals surface area contributed by atoms with Gasteiger partial charge in [-0.15, -0.1) is 0 Å². The second kappa shape index (κ2) is 9.48. The first-order chi connectivity index (χ1) is 12.7. The first-order valence-corrected chi connectivity index (χ1v) is 11.1. The summed E-state index contributed by atoms with van der Waals surface area (Å²) in [4.78, 5) is 15.6. The van der Waals surface area contributed by atoms with Gasteiger partial charge in [0.15, 0.2) is 6.54 Å². The molecule has 6 nitrogen and oxygen atoms in total. The van der Waals surface area contributed by atoms with E-state index in [1.807, 2.05) is 62.9 Å². The van der Waals surface area contributed by atoms with E-state index in [0.717, 1.165) is 10.5 Å². The van der Waals surface area contributed by atoms with Crippen LogP contribution in [0, 0.1) is 0 Å². The molecule has 1 aliphatic heterocycles. The molecule has 0 aliphatic carbocycles. The van der Waals surface area contributed by atoms with Crippen molar-refractivity contribution in [1.29, 1.82) is 0 Å². The lowest BCUT2D eigenvalue weighted by atomic mass is 10.2. The first-order valence-electron chi connectivity index (χ1n) is 9.58. The highest BCUT2D eigenvalue weighted by molar-refractivity contribution is 7.92. The van der Waals surface area contributed by atoms with Gasteiger partial charge in [0.25, 0.3) is 5.91 Å². The zero-order valence-corrected chi connectivity index (χ0v) is 17.6. The molecule has 0 spiro atoms. The van der Waals surface area contributed by atoms with Crippen LogP contribution in [0.1, 0.15) is 33.3 Å². The molecule has 1 saturated heterocycles. The van der Waals surface area contributed by atoms with E-state index in [4.69, 9.17) is 0 Å². The van der Waals surface area contributed by atoms with E-state index < -0.39 is 10.0 Å². The Morgan fingerprint density at radius 3 is 2.19 bits per heavy atom. The van der Waals surface area contributed by atoms with Crippen LogP contribution in [0.2, 0.25) is 0 Å². The summed E-state index contributed by atoms with van der Waals surface area (Å²) in [5, 5.41) is 1.28. The number of nitrogens with one attached hydrogen (secondary N) is 1. The molecule has 0 atom stereocenters. The Bertz CT molecular complexity index is 729. The number of amides is 1. The molecular formula is C20H32N3O3S+. The summed E-state index contributed by atoms with van der Waals surface area (Å²) in [7, 11) is -3.43. The maximum absolute atomic E-state index is 12.6. The van der Waals surface area contributed by atoms with Crippen molar-refractivity contribution in [2.45, 2.75) is 39.8 Å². The molecule has 27 heavy (non-hydrogen) atoms. The van der Waals surface area contributed by atoms with E-state index in [0.29, 0.717) is 32.7 Å². The average molecular weight is 395 g/mol. The lowest BCUT2D eigenvalue weighted by Crippen LogP contribution is -3.15. The second-order valence-corrected chi connectivity index (χ2v) is 9.39. The summed E-state index contributed by atoms with van der Waals surface area (Å²) in [6, 6.07) is 9.73. The molecule has 0 aromatic heterocycles. The molecule has 1 fully saturated rings. The Kier molecular flexibility index (Phi) is 7.59. The van der Waals surface area contributed by atoms with Gasteiger partial charge in [0, 0.05) is 17.5 Å². The molecule has 1 aromatic carbocycles. The average Bonchev–Trinajstić information content (AvgIpc) is 2.61. The van der Waals surface area contributed by atoms with Crippen LogP contribution in [0.5, 0.6) is 0 Å². The van der Waals surface area contributed by atoms with Crippen LogP contribution in [0.15, 0.2) is 35.7 Å². The van der Waals surface area contributed by atoms with Gasteiger partial charge in [0.1, 0.15) is 0 Å². The van der Waals surface area contributed by atoms with Crippen molar-refractivity contribution >= 4 is 22.0 Å². The summed E-state index contributed by atoms with van der Waals surface area (Å²) in [5.74, 6) is 0.135. The number of benzene rings is 1. The second-order valence-electron chi connectivity index (χ2n) is 7.57. The van der Waals surface area contributed by atoms with Gasteiger partial charge in [-0.05, 0) is 39.3 Å². The molecule has 0 saturated carbocycles. The number of piperazine rings is 1. The van der Waals surface area contributed by atoms with E-state index >= 15 is 0 Å². The molecule has 150 valence electrons. The Morgan fingerprint density at radius 2 is 1.67 bits per heavy atom. The zero-order chi connectivity index (χ0) is 20.0. The fourth-order valence-electron chi connectivity index (χ4n) is 3.53. The number of hydrogen-bond donors (Lipinski definition) is 1. The summed E-state index contributed by atoms with van der Waals surface area (Å²) in [6.07, 6.45) is 1.63. The third-order valence-electron chi connectivity index (χ3n) is 4.82. The van der Waals surface area contributed by atoms with Gasteiger partial charge in [-0.1, -0.05) is 30.3 Å². The van der Waals surface area contributed by atoms with Gasteiger partial charge in [-0.2, -0.15) is 4.31 Å². The van der Waals surface area contributed by atoms with Crippen LogP contribution >= 0.6 is 0 Å². The molecule has 1 aromatic rings. The van der Waals surface area contributed by atoms with Gasteiger partial charge >= 0.3 is 0 Å². The SMILES string of the molecule is CC(C)N(C(=O)C[NH+]1CCN(S(=O)(=O)/C=C/c2ccccc2)CC1)C(C)C. The van der Waals surface area contributed by atoms with E-state index in [1.54, 1.807) is 6.08 Å². The van der Waals surface area contributed by atoms with E-state index in [1.165, 1.54) is 9.71 Å². The first kappa shape index (κ1) is 21.6. The number of nitrogens with zero attached hydrogens (tertiary/aromatic N) is 2. The maximum atomic E-state index is 12.6. The van der Waals surface area contributed by atoms with E-state index in [-0.39, 0.29) is 18.0 Å². The molecule has 0 radical (unpaired) electrons. The quantitative estimate of drug-likeness (QED) is 0.745. The number of rotatable bonds is 7. The maximum Gasteiger partial charge on any atom is 0.278 e. The van der Waals surface area contributed by atoms with Gasteiger partial charge in [0.2, 0.25) is 10.0 Å². The highest BCUT2D eigenvalue weighted by Crippen LogP contribution is 2.08. The van der Waals surface area contributed by atoms with Gasteiger partial charge in [-0.3, -0.25) is 4.79 Å². The molecule has 0 unspecified atom stereocenters. The fourth-order valence-corrected chi connectivity index (χ4v) is 4.72. The number of sulfonamides is 1. The predicted octanol–water partition coefficient (Wildman–Crippen LogP) is 0.833. The third-order valence-corrected chi connectivity index (χ3v) is 6.39. The Labute approximate surface area is 163 Å². The lowest BCUT2D eigenvalue weighted by Gasteiger charge is -2.34. The fraction of sp³-hybridized carbons (Fsp3) is 0.550.